The van der Waals surface area contributed by atoms with Gasteiger partial charge < -0.3 is 10.8 Å². The summed E-state index contributed by atoms with van der Waals surface area (Å²) in [6.07, 6.45) is -0.308. The molecule has 1 unspecified atom stereocenters. The van der Waals surface area contributed by atoms with E-state index in [-0.39, 0.29) is 17.1 Å². The van der Waals surface area contributed by atoms with Crippen LogP contribution in [0.4, 0.5) is 10.1 Å². The van der Waals surface area contributed by atoms with E-state index in [0.29, 0.717) is 6.42 Å². The molecule has 0 aromatic heterocycles. The highest BCUT2D eigenvalue weighted by Crippen LogP contribution is 2.22. The highest BCUT2D eigenvalue weighted by atomic mass is 32.2. The zero-order chi connectivity index (χ0) is 13.9. The SMILES string of the molecule is CC(O)CCN(C)S(=O)(=O)c1cc(F)ccc1N. The molecule has 0 radical (unpaired) electrons. The first-order chi connectivity index (χ1) is 8.25. The molecular weight excluding hydrogens is 259 g/mol. The number of nitrogen functional groups attached to an aromatic ring is 1. The Morgan fingerprint density at radius 1 is 1.50 bits per heavy atom. The zero-order valence-corrected chi connectivity index (χ0v) is 11.1. The Morgan fingerprint density at radius 3 is 2.67 bits per heavy atom. The second kappa shape index (κ2) is 5.64. The van der Waals surface area contributed by atoms with Gasteiger partial charge in [-0.25, -0.2) is 17.1 Å². The van der Waals surface area contributed by atoms with Crippen LogP contribution in [0.2, 0.25) is 0 Å². The molecule has 7 heteroatoms. The minimum absolute atomic E-state index is 0.000275. The second-order valence-electron chi connectivity index (χ2n) is 4.15. The molecule has 1 rings (SSSR count). The van der Waals surface area contributed by atoms with Crippen molar-refractivity contribution >= 4 is 15.7 Å². The number of hydrogen-bond donors (Lipinski definition) is 2. The van der Waals surface area contributed by atoms with Gasteiger partial charge in [0.15, 0.2) is 0 Å². The number of anilines is 1. The molecule has 0 heterocycles. The number of nitrogens with two attached hydrogens (primary N) is 1. The van der Waals surface area contributed by atoms with Crippen LogP contribution in [0.1, 0.15) is 13.3 Å². The van der Waals surface area contributed by atoms with Gasteiger partial charge in [-0.1, -0.05) is 0 Å². The van der Waals surface area contributed by atoms with Crippen LogP contribution in [-0.4, -0.2) is 37.5 Å². The first-order valence-corrected chi connectivity index (χ1v) is 6.88. The van der Waals surface area contributed by atoms with E-state index in [2.05, 4.69) is 0 Å². The Balaban J connectivity index is 3.02. The number of halogens is 1. The lowest BCUT2D eigenvalue weighted by Crippen LogP contribution is -2.30. The number of rotatable bonds is 5. The first-order valence-electron chi connectivity index (χ1n) is 5.44. The molecule has 1 aromatic carbocycles. The van der Waals surface area contributed by atoms with Crippen molar-refractivity contribution in [2.75, 3.05) is 19.3 Å². The van der Waals surface area contributed by atoms with Crippen LogP contribution in [0.5, 0.6) is 0 Å². The number of benzene rings is 1. The van der Waals surface area contributed by atoms with Crippen molar-refractivity contribution < 1.29 is 17.9 Å². The predicted molar refractivity (Wildman–Crippen MR) is 66.9 cm³/mol. The van der Waals surface area contributed by atoms with Crippen LogP contribution in [0, 0.1) is 5.82 Å². The van der Waals surface area contributed by atoms with Gasteiger partial charge in [-0.05, 0) is 31.5 Å². The molecule has 0 spiro atoms. The monoisotopic (exact) mass is 276 g/mol. The van der Waals surface area contributed by atoms with E-state index in [9.17, 15) is 12.8 Å². The average molecular weight is 276 g/mol. The molecule has 0 saturated heterocycles. The summed E-state index contributed by atoms with van der Waals surface area (Å²) in [5, 5.41) is 9.13. The lowest BCUT2D eigenvalue weighted by Gasteiger charge is -2.19. The average Bonchev–Trinajstić information content (AvgIpc) is 2.28. The normalized spacial score (nSPS) is 13.8. The molecule has 102 valence electrons. The summed E-state index contributed by atoms with van der Waals surface area (Å²) in [6.45, 7) is 1.70. The van der Waals surface area contributed by atoms with E-state index in [4.69, 9.17) is 10.8 Å². The number of sulfonamides is 1. The van der Waals surface area contributed by atoms with Gasteiger partial charge in [-0.3, -0.25) is 0 Å². The molecule has 0 saturated carbocycles. The fraction of sp³-hybridized carbons (Fsp3) is 0.455. The Bertz CT molecular complexity index is 517. The summed E-state index contributed by atoms with van der Waals surface area (Å²) in [6, 6.07) is 3.21. The van der Waals surface area contributed by atoms with E-state index >= 15 is 0 Å². The largest absolute Gasteiger partial charge is 0.398 e. The van der Waals surface area contributed by atoms with Gasteiger partial charge in [-0.15, -0.1) is 0 Å². The Kier molecular flexibility index (Phi) is 4.66. The van der Waals surface area contributed by atoms with Crippen LogP contribution in [-0.2, 0) is 10.0 Å². The summed E-state index contributed by atoms with van der Waals surface area (Å²) in [7, 11) is -2.47. The van der Waals surface area contributed by atoms with Crippen LogP contribution < -0.4 is 5.73 Å². The van der Waals surface area contributed by atoms with Gasteiger partial charge in [0.05, 0.1) is 11.8 Å². The molecule has 1 atom stereocenters. The highest BCUT2D eigenvalue weighted by molar-refractivity contribution is 7.89. The summed E-state index contributed by atoms with van der Waals surface area (Å²) < 4.78 is 38.4. The number of aliphatic hydroxyl groups excluding tert-OH is 1. The van der Waals surface area contributed by atoms with Crippen molar-refractivity contribution in [3.63, 3.8) is 0 Å². The summed E-state index contributed by atoms with van der Waals surface area (Å²) in [5.41, 5.74) is 5.55. The Labute approximate surface area is 106 Å². The van der Waals surface area contributed by atoms with Crippen LogP contribution in [0.3, 0.4) is 0 Å². The van der Waals surface area contributed by atoms with Crippen LogP contribution in [0.25, 0.3) is 0 Å². The Hall–Kier alpha value is -1.18. The molecule has 0 amide bonds. The van der Waals surface area contributed by atoms with Gasteiger partial charge in [0.1, 0.15) is 10.7 Å². The smallest absolute Gasteiger partial charge is 0.244 e. The van der Waals surface area contributed by atoms with Crippen molar-refractivity contribution in [1.29, 1.82) is 0 Å². The fourth-order valence-electron chi connectivity index (χ4n) is 1.39. The molecule has 18 heavy (non-hydrogen) atoms. The van der Waals surface area contributed by atoms with E-state index in [1.54, 1.807) is 6.92 Å². The van der Waals surface area contributed by atoms with Crippen molar-refractivity contribution in [3.8, 4) is 0 Å². The van der Waals surface area contributed by atoms with E-state index < -0.39 is 21.9 Å². The van der Waals surface area contributed by atoms with Gasteiger partial charge >= 0.3 is 0 Å². The summed E-state index contributed by atoms with van der Waals surface area (Å²) >= 11 is 0. The van der Waals surface area contributed by atoms with Crippen LogP contribution in [0.15, 0.2) is 23.1 Å². The maximum atomic E-state index is 13.1. The lowest BCUT2D eigenvalue weighted by atomic mass is 10.3. The van der Waals surface area contributed by atoms with Gasteiger partial charge in [0.2, 0.25) is 10.0 Å². The van der Waals surface area contributed by atoms with Crippen molar-refractivity contribution in [2.45, 2.75) is 24.3 Å². The highest BCUT2D eigenvalue weighted by Gasteiger charge is 2.23. The zero-order valence-electron chi connectivity index (χ0n) is 10.3. The van der Waals surface area contributed by atoms with Crippen molar-refractivity contribution in [3.05, 3.63) is 24.0 Å². The summed E-state index contributed by atoms with van der Waals surface area (Å²) in [5.74, 6) is -0.660. The minimum Gasteiger partial charge on any atom is -0.398 e. The minimum atomic E-state index is -3.83. The first kappa shape index (κ1) is 14.9. The van der Waals surface area contributed by atoms with Gasteiger partial charge in [-0.2, -0.15) is 0 Å². The molecule has 0 bridgehead atoms. The third-order valence-electron chi connectivity index (χ3n) is 2.53. The van der Waals surface area contributed by atoms with Gasteiger partial charge in [0, 0.05) is 13.6 Å². The lowest BCUT2D eigenvalue weighted by molar-refractivity contribution is 0.177. The number of aliphatic hydroxyl groups is 1. The summed E-state index contributed by atoms with van der Waals surface area (Å²) in [4.78, 5) is -0.254. The second-order valence-corrected chi connectivity index (χ2v) is 6.16. The third-order valence-corrected chi connectivity index (χ3v) is 4.44. The fourth-order valence-corrected chi connectivity index (χ4v) is 2.70. The number of hydrogen-bond acceptors (Lipinski definition) is 4. The van der Waals surface area contributed by atoms with Crippen molar-refractivity contribution in [1.82, 2.24) is 4.31 Å². The molecule has 1 aromatic rings. The molecule has 0 fully saturated rings. The molecule has 5 nitrogen and oxygen atoms in total. The maximum absolute atomic E-state index is 13.1. The van der Waals surface area contributed by atoms with Gasteiger partial charge in [0.25, 0.3) is 0 Å². The molecular formula is C11H17FN2O3S. The van der Waals surface area contributed by atoms with E-state index in [1.807, 2.05) is 0 Å². The molecule has 0 aliphatic heterocycles. The topological polar surface area (TPSA) is 83.6 Å². The van der Waals surface area contributed by atoms with Crippen LogP contribution >= 0.6 is 0 Å². The quantitative estimate of drug-likeness (QED) is 0.779. The Morgan fingerprint density at radius 2 is 2.11 bits per heavy atom. The molecule has 3 N–H and O–H groups in total. The number of nitrogens with zero attached hydrogens (tertiary/aromatic N) is 1. The van der Waals surface area contributed by atoms with E-state index in [0.717, 1.165) is 16.4 Å². The van der Waals surface area contributed by atoms with E-state index in [1.165, 1.54) is 13.1 Å². The standard InChI is InChI=1S/C11H17FN2O3S/c1-8(15)5-6-14(2)18(16,17)11-7-9(12)3-4-10(11)13/h3-4,7-8,15H,5-6,13H2,1-2H3. The molecule has 0 aliphatic rings. The predicted octanol–water partition coefficient (Wildman–Crippen LogP) is 0.799. The van der Waals surface area contributed by atoms with Crippen molar-refractivity contribution in [2.24, 2.45) is 0 Å². The maximum Gasteiger partial charge on any atom is 0.244 e. The third kappa shape index (κ3) is 3.41. The molecule has 0 aliphatic carbocycles.